The van der Waals surface area contributed by atoms with Gasteiger partial charge in [-0.2, -0.15) is 5.26 Å². The van der Waals surface area contributed by atoms with Gasteiger partial charge in [0.05, 0.1) is 5.56 Å². The molecule has 1 heterocycles. The van der Waals surface area contributed by atoms with Gasteiger partial charge in [-0.3, -0.25) is 0 Å². The lowest BCUT2D eigenvalue weighted by Gasteiger charge is -2.27. The molecule has 1 saturated heterocycles. The van der Waals surface area contributed by atoms with Crippen LogP contribution in [0.3, 0.4) is 0 Å². The molecule has 17 heavy (non-hydrogen) atoms. The normalized spacial score (nSPS) is 18.6. The van der Waals surface area contributed by atoms with Crippen molar-refractivity contribution >= 4 is 0 Å². The quantitative estimate of drug-likeness (QED) is 0.852. The second-order valence-corrected chi connectivity index (χ2v) is 4.33. The molecule has 0 radical (unpaired) electrons. The second kappa shape index (κ2) is 5.26. The molecule has 1 aromatic rings. The molecule has 0 amide bonds. The Morgan fingerprint density at radius 3 is 2.76 bits per heavy atom. The second-order valence-electron chi connectivity index (χ2n) is 4.33. The zero-order valence-corrected chi connectivity index (χ0v) is 9.53. The van der Waals surface area contributed by atoms with Crippen molar-refractivity contribution in [1.29, 1.82) is 5.26 Å². The molecular weight excluding hydrogens is 219 g/mol. The van der Waals surface area contributed by atoms with Crippen LogP contribution in [0, 0.1) is 23.1 Å². The third-order valence-corrected chi connectivity index (χ3v) is 3.27. The predicted molar refractivity (Wildman–Crippen MR) is 61.6 cm³/mol. The zero-order valence-electron chi connectivity index (χ0n) is 9.53. The molecule has 1 fully saturated rings. The first kappa shape index (κ1) is 12.0. The van der Waals surface area contributed by atoms with Gasteiger partial charge in [-0.1, -0.05) is 6.07 Å². The van der Waals surface area contributed by atoms with E-state index >= 15 is 0 Å². The van der Waals surface area contributed by atoms with Gasteiger partial charge in [-0.25, -0.2) is 4.39 Å². The smallest absolute Gasteiger partial charge is 0.140 e. The summed E-state index contributed by atoms with van der Waals surface area (Å²) in [5.74, 6) is -0.142. The van der Waals surface area contributed by atoms with Crippen molar-refractivity contribution in [1.82, 2.24) is 0 Å². The van der Waals surface area contributed by atoms with E-state index in [2.05, 4.69) is 0 Å². The molecule has 1 aliphatic rings. The Morgan fingerprint density at radius 2 is 2.12 bits per heavy atom. The minimum absolute atomic E-state index is 0.0602. The SMILES string of the molecule is N#Cc1cc([C@@H](N)C2CCOCC2)ccc1F. The summed E-state index contributed by atoms with van der Waals surface area (Å²) in [6, 6.07) is 6.22. The summed E-state index contributed by atoms with van der Waals surface area (Å²) in [5.41, 5.74) is 7.04. The highest BCUT2D eigenvalue weighted by Gasteiger charge is 2.22. The third kappa shape index (κ3) is 2.63. The Balaban J connectivity index is 2.18. The molecule has 0 unspecified atom stereocenters. The fourth-order valence-corrected chi connectivity index (χ4v) is 2.18. The van der Waals surface area contributed by atoms with Crippen LogP contribution < -0.4 is 5.73 Å². The van der Waals surface area contributed by atoms with Crippen molar-refractivity contribution < 1.29 is 9.13 Å². The molecule has 0 aromatic heterocycles. The van der Waals surface area contributed by atoms with Crippen LogP contribution in [-0.2, 0) is 4.74 Å². The van der Waals surface area contributed by atoms with Gasteiger partial charge >= 0.3 is 0 Å². The molecule has 0 spiro atoms. The molecule has 0 bridgehead atoms. The van der Waals surface area contributed by atoms with Gasteiger partial charge < -0.3 is 10.5 Å². The minimum atomic E-state index is -0.490. The molecule has 90 valence electrons. The van der Waals surface area contributed by atoms with Crippen molar-refractivity contribution in [3.05, 3.63) is 35.1 Å². The standard InChI is InChI=1S/C13H15FN2O/c14-12-2-1-10(7-11(12)8-15)13(16)9-3-5-17-6-4-9/h1-2,7,9,13H,3-6,16H2/t13-/m0/s1. The maximum Gasteiger partial charge on any atom is 0.140 e. The van der Waals surface area contributed by atoms with Crippen LogP contribution in [0.25, 0.3) is 0 Å². The lowest BCUT2D eigenvalue weighted by atomic mass is 9.87. The van der Waals surface area contributed by atoms with Crippen molar-refractivity contribution in [2.24, 2.45) is 11.7 Å². The Morgan fingerprint density at radius 1 is 1.41 bits per heavy atom. The number of nitrogens with two attached hydrogens (primary N) is 1. The van der Waals surface area contributed by atoms with Crippen LogP contribution >= 0.6 is 0 Å². The third-order valence-electron chi connectivity index (χ3n) is 3.27. The molecule has 1 aliphatic heterocycles. The van der Waals surface area contributed by atoms with Crippen molar-refractivity contribution in [3.63, 3.8) is 0 Å². The van der Waals surface area contributed by atoms with Gasteiger partial charge in [-0.15, -0.1) is 0 Å². The molecule has 2 N–H and O–H groups in total. The summed E-state index contributed by atoms with van der Waals surface area (Å²) >= 11 is 0. The van der Waals surface area contributed by atoms with E-state index in [1.165, 1.54) is 6.07 Å². The van der Waals surface area contributed by atoms with E-state index in [1.807, 2.05) is 6.07 Å². The summed E-state index contributed by atoms with van der Waals surface area (Å²) in [6.07, 6.45) is 1.83. The summed E-state index contributed by atoms with van der Waals surface area (Å²) < 4.78 is 18.5. The number of hydrogen-bond acceptors (Lipinski definition) is 3. The summed E-state index contributed by atoms with van der Waals surface area (Å²) in [7, 11) is 0. The van der Waals surface area contributed by atoms with E-state index in [-0.39, 0.29) is 11.6 Å². The van der Waals surface area contributed by atoms with Gasteiger partial charge in [0.2, 0.25) is 0 Å². The number of benzene rings is 1. The van der Waals surface area contributed by atoms with E-state index < -0.39 is 5.82 Å². The number of halogens is 1. The average molecular weight is 234 g/mol. The molecule has 0 aliphatic carbocycles. The molecule has 1 aromatic carbocycles. The van der Waals surface area contributed by atoms with Crippen LogP contribution in [0.1, 0.15) is 30.0 Å². The molecule has 0 saturated carbocycles. The number of rotatable bonds is 2. The summed E-state index contributed by atoms with van der Waals surface area (Å²) in [6.45, 7) is 1.45. The number of nitriles is 1. The monoisotopic (exact) mass is 234 g/mol. The zero-order chi connectivity index (χ0) is 12.3. The average Bonchev–Trinajstić information content (AvgIpc) is 2.39. The predicted octanol–water partition coefficient (Wildman–Crippen LogP) is 2.12. The number of nitrogens with zero attached hydrogens (tertiary/aromatic N) is 1. The van der Waals surface area contributed by atoms with Crippen molar-refractivity contribution in [2.45, 2.75) is 18.9 Å². The van der Waals surface area contributed by atoms with Crippen LogP contribution in [0.5, 0.6) is 0 Å². The maximum absolute atomic E-state index is 13.2. The molecule has 4 heteroatoms. The van der Waals surface area contributed by atoms with E-state index in [4.69, 9.17) is 15.7 Å². The largest absolute Gasteiger partial charge is 0.381 e. The Hall–Kier alpha value is -1.44. The number of ether oxygens (including phenoxy) is 1. The summed E-state index contributed by atoms with van der Waals surface area (Å²) in [5, 5.41) is 8.78. The molecule has 1 atom stereocenters. The minimum Gasteiger partial charge on any atom is -0.381 e. The van der Waals surface area contributed by atoms with Crippen molar-refractivity contribution in [3.8, 4) is 6.07 Å². The van der Waals surface area contributed by atoms with Gasteiger partial charge in [0.25, 0.3) is 0 Å². The molecule has 3 nitrogen and oxygen atoms in total. The highest BCUT2D eigenvalue weighted by atomic mass is 19.1. The first-order valence-corrected chi connectivity index (χ1v) is 5.75. The molecule has 2 rings (SSSR count). The van der Waals surface area contributed by atoms with Crippen LogP contribution in [0.15, 0.2) is 18.2 Å². The first-order valence-electron chi connectivity index (χ1n) is 5.75. The van der Waals surface area contributed by atoms with Gasteiger partial charge in [0.15, 0.2) is 0 Å². The van der Waals surface area contributed by atoms with Crippen LogP contribution in [-0.4, -0.2) is 13.2 Å². The fraction of sp³-hybridized carbons (Fsp3) is 0.462. The highest BCUT2D eigenvalue weighted by Crippen LogP contribution is 2.28. The Kier molecular flexibility index (Phi) is 3.72. The lowest BCUT2D eigenvalue weighted by Crippen LogP contribution is -2.27. The lowest BCUT2D eigenvalue weighted by molar-refractivity contribution is 0.0583. The van der Waals surface area contributed by atoms with Gasteiger partial charge in [-0.05, 0) is 36.5 Å². The van der Waals surface area contributed by atoms with E-state index in [1.54, 1.807) is 12.1 Å². The maximum atomic E-state index is 13.2. The van der Waals surface area contributed by atoms with E-state index in [0.717, 1.165) is 31.6 Å². The first-order chi connectivity index (χ1) is 8.22. The summed E-state index contributed by atoms with van der Waals surface area (Å²) in [4.78, 5) is 0. The van der Waals surface area contributed by atoms with Gasteiger partial charge in [0, 0.05) is 19.3 Å². The van der Waals surface area contributed by atoms with Crippen LogP contribution in [0.2, 0.25) is 0 Å². The fourth-order valence-electron chi connectivity index (χ4n) is 2.18. The van der Waals surface area contributed by atoms with E-state index in [0.29, 0.717) is 5.92 Å². The highest BCUT2D eigenvalue weighted by molar-refractivity contribution is 5.35. The van der Waals surface area contributed by atoms with Crippen molar-refractivity contribution in [2.75, 3.05) is 13.2 Å². The van der Waals surface area contributed by atoms with Gasteiger partial charge in [0.1, 0.15) is 11.9 Å². The topological polar surface area (TPSA) is 59.0 Å². The Bertz CT molecular complexity index is 436. The number of hydrogen-bond donors (Lipinski definition) is 1. The Labute approximate surface area is 100.0 Å². The molecular formula is C13H15FN2O. The van der Waals surface area contributed by atoms with Crippen LogP contribution in [0.4, 0.5) is 4.39 Å². The van der Waals surface area contributed by atoms with E-state index in [9.17, 15) is 4.39 Å².